The van der Waals surface area contributed by atoms with Crippen LogP contribution in [0.4, 0.5) is 0 Å². The number of nitrogens with one attached hydrogen (secondary N) is 2. The molecule has 1 aromatic heterocycles. The Kier molecular flexibility index (Phi) is 8.18. The number of carboxylic acid groups (broad SMARTS) is 1. The molecule has 1 aliphatic carbocycles. The highest BCUT2D eigenvalue weighted by Crippen LogP contribution is 2.31. The van der Waals surface area contributed by atoms with Crippen molar-refractivity contribution in [3.63, 3.8) is 0 Å². The zero-order valence-corrected chi connectivity index (χ0v) is 15.1. The average Bonchev–Trinajstić information content (AvgIpc) is 3.16. The summed E-state index contributed by atoms with van der Waals surface area (Å²) in [6, 6.07) is 0. The smallest absolute Gasteiger partial charge is 0.322 e. The molecule has 2 rings (SSSR count). The summed E-state index contributed by atoms with van der Waals surface area (Å²) >= 11 is 0. The molecule has 0 spiro atoms. The number of amides is 2. The summed E-state index contributed by atoms with van der Waals surface area (Å²) in [6.45, 7) is -0.555. The molecule has 10 nitrogen and oxygen atoms in total. The minimum Gasteiger partial charge on any atom is -0.480 e. The Morgan fingerprint density at radius 2 is 1.96 bits per heavy atom. The molecule has 1 atom stereocenters. The number of hydrogen-bond donors (Lipinski definition) is 4. The van der Waals surface area contributed by atoms with Crippen LogP contribution < -0.4 is 10.8 Å². The third kappa shape index (κ3) is 6.97. The molecule has 0 bridgehead atoms. The lowest BCUT2D eigenvalue weighted by Gasteiger charge is -2.22. The number of aromatic nitrogens is 2. The monoisotopic (exact) mass is 382 g/mol. The fourth-order valence-electron chi connectivity index (χ4n) is 3.44. The van der Waals surface area contributed by atoms with Crippen LogP contribution in [0.2, 0.25) is 0 Å². The second-order valence-corrected chi connectivity index (χ2v) is 6.90. The van der Waals surface area contributed by atoms with Crippen molar-refractivity contribution in [2.45, 2.75) is 63.7 Å². The van der Waals surface area contributed by atoms with E-state index in [0.717, 1.165) is 12.8 Å². The first-order chi connectivity index (χ1) is 13.0. The van der Waals surface area contributed by atoms with Crippen LogP contribution in [0.1, 0.15) is 80.2 Å². The highest BCUT2D eigenvalue weighted by atomic mass is 16.5. The van der Waals surface area contributed by atoms with Gasteiger partial charge in [0.2, 0.25) is 11.8 Å². The summed E-state index contributed by atoms with van der Waals surface area (Å²) in [7, 11) is 0. The predicted molar refractivity (Wildman–Crippen MR) is 92.0 cm³/mol. The van der Waals surface area contributed by atoms with Crippen LogP contribution in [0.25, 0.3) is 0 Å². The Hall–Kier alpha value is -2.49. The molecule has 0 saturated heterocycles. The average molecular weight is 382 g/mol. The van der Waals surface area contributed by atoms with Gasteiger partial charge in [0.25, 0.3) is 11.7 Å². The maximum Gasteiger partial charge on any atom is 0.322 e. The van der Waals surface area contributed by atoms with Gasteiger partial charge in [-0.2, -0.15) is 4.98 Å². The summed E-state index contributed by atoms with van der Waals surface area (Å²) in [5.74, 6) is -2.41. The number of carbonyl (C=O) groups is 3. The molecule has 1 aromatic rings. The third-order valence-electron chi connectivity index (χ3n) is 4.84. The summed E-state index contributed by atoms with van der Waals surface area (Å²) in [5.41, 5.74) is 1.59. The normalized spacial score (nSPS) is 15.9. The molecule has 10 heteroatoms. The van der Waals surface area contributed by atoms with Crippen LogP contribution in [-0.4, -0.2) is 44.8 Å². The van der Waals surface area contributed by atoms with Gasteiger partial charge < -0.3 is 14.9 Å². The topological polar surface area (TPSA) is 155 Å². The van der Waals surface area contributed by atoms with Gasteiger partial charge in [-0.05, 0) is 12.3 Å². The van der Waals surface area contributed by atoms with E-state index >= 15 is 0 Å². The highest BCUT2D eigenvalue weighted by Gasteiger charge is 2.25. The number of hydroxylamine groups is 1. The van der Waals surface area contributed by atoms with E-state index in [9.17, 15) is 14.4 Å². The second kappa shape index (κ2) is 10.6. The van der Waals surface area contributed by atoms with Gasteiger partial charge in [-0.15, -0.1) is 0 Å². The lowest BCUT2D eigenvalue weighted by atomic mass is 9.84. The molecule has 0 unspecified atom stereocenters. The summed E-state index contributed by atoms with van der Waals surface area (Å²) < 4.78 is 5.11. The third-order valence-corrected chi connectivity index (χ3v) is 4.84. The standard InChI is InChI=1S/C17H26N4O6/c22-13(20-26)9-12(8-4-7-11-5-2-1-3-6-11)17-19-15(21-27-17)16(25)18-10-14(23)24/h11-12,26H,1-10H2,(H,18,25)(H,20,22)(H,23,24)/t12-/m1/s1. The summed E-state index contributed by atoms with van der Waals surface area (Å²) in [4.78, 5) is 37.9. The minimum atomic E-state index is -1.19. The first-order valence-electron chi connectivity index (χ1n) is 9.26. The highest BCUT2D eigenvalue weighted by molar-refractivity contribution is 5.92. The number of carboxylic acids is 1. The Labute approximate surface area is 156 Å². The Morgan fingerprint density at radius 3 is 2.63 bits per heavy atom. The summed E-state index contributed by atoms with van der Waals surface area (Å²) in [5, 5.41) is 23.1. The van der Waals surface area contributed by atoms with E-state index in [2.05, 4.69) is 15.5 Å². The zero-order valence-electron chi connectivity index (χ0n) is 15.1. The Bertz CT molecular complexity index is 641. The van der Waals surface area contributed by atoms with Gasteiger partial charge in [0, 0.05) is 12.3 Å². The fraction of sp³-hybridized carbons (Fsp3) is 0.706. The minimum absolute atomic E-state index is 0.0421. The maximum absolute atomic E-state index is 11.8. The molecule has 1 fully saturated rings. The number of rotatable bonds is 10. The van der Waals surface area contributed by atoms with Crippen molar-refractivity contribution in [3.8, 4) is 0 Å². The molecule has 27 heavy (non-hydrogen) atoms. The molecule has 0 aliphatic heterocycles. The van der Waals surface area contributed by atoms with Gasteiger partial charge >= 0.3 is 5.97 Å². The lowest BCUT2D eigenvalue weighted by molar-refractivity contribution is -0.135. The van der Waals surface area contributed by atoms with Crippen LogP contribution in [0.15, 0.2) is 4.52 Å². The molecule has 1 aliphatic rings. The molecule has 0 aromatic carbocycles. The van der Waals surface area contributed by atoms with Crippen molar-refractivity contribution in [2.75, 3.05) is 6.54 Å². The molecule has 150 valence electrons. The number of nitrogens with zero attached hydrogens (tertiary/aromatic N) is 2. The van der Waals surface area contributed by atoms with Crippen molar-refractivity contribution in [1.29, 1.82) is 0 Å². The van der Waals surface area contributed by atoms with Crippen molar-refractivity contribution >= 4 is 17.8 Å². The van der Waals surface area contributed by atoms with Crippen molar-refractivity contribution < 1.29 is 29.2 Å². The maximum atomic E-state index is 11.8. The SMILES string of the molecule is O=C(O)CNC(=O)c1noc([C@H](CCCC2CCCCC2)CC(=O)NO)n1. The van der Waals surface area contributed by atoms with Gasteiger partial charge in [0.1, 0.15) is 6.54 Å². The van der Waals surface area contributed by atoms with Crippen molar-refractivity contribution in [3.05, 3.63) is 11.7 Å². The van der Waals surface area contributed by atoms with E-state index < -0.39 is 30.2 Å². The Balaban J connectivity index is 1.94. The van der Waals surface area contributed by atoms with Crippen LogP contribution in [0.3, 0.4) is 0 Å². The van der Waals surface area contributed by atoms with Crippen molar-refractivity contribution in [1.82, 2.24) is 20.9 Å². The quantitative estimate of drug-likeness (QED) is 0.351. The predicted octanol–water partition coefficient (Wildman–Crippen LogP) is 1.61. The van der Waals surface area contributed by atoms with E-state index in [4.69, 9.17) is 14.8 Å². The van der Waals surface area contributed by atoms with Gasteiger partial charge in [-0.3, -0.25) is 19.6 Å². The number of hydrogen-bond acceptors (Lipinski definition) is 7. The fourth-order valence-corrected chi connectivity index (χ4v) is 3.44. The van der Waals surface area contributed by atoms with Gasteiger partial charge in [0.05, 0.1) is 0 Å². The second-order valence-electron chi connectivity index (χ2n) is 6.90. The van der Waals surface area contributed by atoms with Gasteiger partial charge in [0.15, 0.2) is 0 Å². The van der Waals surface area contributed by atoms with E-state index in [1.165, 1.54) is 32.1 Å². The van der Waals surface area contributed by atoms with Crippen LogP contribution >= 0.6 is 0 Å². The first kappa shape index (κ1) is 20.8. The van der Waals surface area contributed by atoms with E-state index in [1.54, 1.807) is 5.48 Å². The molecule has 1 saturated carbocycles. The Morgan fingerprint density at radius 1 is 1.22 bits per heavy atom. The molecule has 1 heterocycles. The van der Waals surface area contributed by atoms with E-state index in [-0.39, 0.29) is 18.1 Å². The van der Waals surface area contributed by atoms with Crippen LogP contribution in [-0.2, 0) is 9.59 Å². The van der Waals surface area contributed by atoms with E-state index in [1.807, 2.05) is 0 Å². The molecule has 4 N–H and O–H groups in total. The van der Waals surface area contributed by atoms with Gasteiger partial charge in [-0.25, -0.2) is 5.48 Å². The van der Waals surface area contributed by atoms with Crippen molar-refractivity contribution in [2.24, 2.45) is 5.92 Å². The molecule has 2 amide bonds. The number of carbonyl (C=O) groups excluding carboxylic acids is 2. The van der Waals surface area contributed by atoms with Crippen LogP contribution in [0, 0.1) is 5.92 Å². The van der Waals surface area contributed by atoms with E-state index in [0.29, 0.717) is 12.3 Å². The molecule has 0 radical (unpaired) electrons. The number of aliphatic carboxylic acids is 1. The lowest BCUT2D eigenvalue weighted by Crippen LogP contribution is -2.30. The largest absolute Gasteiger partial charge is 0.480 e. The molecular weight excluding hydrogens is 356 g/mol. The molecular formula is C17H26N4O6. The summed E-state index contributed by atoms with van der Waals surface area (Å²) in [6.07, 6.45) is 8.78. The zero-order chi connectivity index (χ0) is 19.6. The van der Waals surface area contributed by atoms with Gasteiger partial charge in [-0.1, -0.05) is 50.1 Å². The first-order valence-corrected chi connectivity index (χ1v) is 9.26. The van der Waals surface area contributed by atoms with Crippen LogP contribution in [0.5, 0.6) is 0 Å².